The number of aryl methyl sites for hydroxylation is 1. The molecule has 2 rings (SSSR count). The Labute approximate surface area is 126 Å². The zero-order valence-electron chi connectivity index (χ0n) is 12.8. The van der Waals surface area contributed by atoms with Gasteiger partial charge in [-0.15, -0.1) is 0 Å². The van der Waals surface area contributed by atoms with Crippen molar-refractivity contribution in [3.05, 3.63) is 59.4 Å². The topological polar surface area (TPSA) is 21.3 Å². The predicted molar refractivity (Wildman–Crippen MR) is 84.4 cm³/mol. The van der Waals surface area contributed by atoms with Crippen molar-refractivity contribution in [1.82, 2.24) is 5.32 Å². The Morgan fingerprint density at radius 2 is 1.81 bits per heavy atom. The molecule has 0 radical (unpaired) electrons. The van der Waals surface area contributed by atoms with Crippen molar-refractivity contribution in [2.45, 2.75) is 33.2 Å². The Kier molecular flexibility index (Phi) is 5.34. The van der Waals surface area contributed by atoms with Gasteiger partial charge < -0.3 is 10.1 Å². The lowest BCUT2D eigenvalue weighted by atomic mass is 10.1. The van der Waals surface area contributed by atoms with E-state index < -0.39 is 0 Å². The molecule has 0 aromatic heterocycles. The van der Waals surface area contributed by atoms with E-state index in [1.807, 2.05) is 44.2 Å². The molecule has 0 aliphatic carbocycles. The summed E-state index contributed by atoms with van der Waals surface area (Å²) >= 11 is 0. The van der Waals surface area contributed by atoms with E-state index in [4.69, 9.17) is 4.74 Å². The SMILES string of the molecule is CCNC(C)c1ccc(Oc2ccc(CC)cc2)c(F)c1. The van der Waals surface area contributed by atoms with Crippen molar-refractivity contribution in [3.8, 4) is 11.5 Å². The van der Waals surface area contributed by atoms with Gasteiger partial charge in [0, 0.05) is 6.04 Å². The maximum atomic E-state index is 14.1. The summed E-state index contributed by atoms with van der Waals surface area (Å²) in [6.45, 7) is 7.00. The first-order chi connectivity index (χ1) is 10.1. The minimum atomic E-state index is -0.336. The summed E-state index contributed by atoms with van der Waals surface area (Å²) in [5, 5.41) is 3.26. The second-order valence-corrected chi connectivity index (χ2v) is 5.07. The van der Waals surface area contributed by atoms with Crippen molar-refractivity contribution in [2.75, 3.05) is 6.54 Å². The molecule has 0 spiro atoms. The fraction of sp³-hybridized carbons (Fsp3) is 0.333. The molecule has 0 heterocycles. The van der Waals surface area contributed by atoms with Gasteiger partial charge in [-0.25, -0.2) is 4.39 Å². The van der Waals surface area contributed by atoms with Gasteiger partial charge in [-0.05, 0) is 55.3 Å². The highest BCUT2D eigenvalue weighted by atomic mass is 19.1. The van der Waals surface area contributed by atoms with Gasteiger partial charge in [0.25, 0.3) is 0 Å². The van der Waals surface area contributed by atoms with Crippen molar-refractivity contribution in [1.29, 1.82) is 0 Å². The van der Waals surface area contributed by atoms with Crippen LogP contribution >= 0.6 is 0 Å². The summed E-state index contributed by atoms with van der Waals surface area (Å²) < 4.78 is 19.7. The Balaban J connectivity index is 2.13. The summed E-state index contributed by atoms with van der Waals surface area (Å²) in [6.07, 6.45) is 0.978. The van der Waals surface area contributed by atoms with Crippen LogP contribution in [-0.2, 0) is 6.42 Å². The molecule has 2 aromatic carbocycles. The highest BCUT2D eigenvalue weighted by Crippen LogP contribution is 2.27. The average Bonchev–Trinajstić information content (AvgIpc) is 2.50. The van der Waals surface area contributed by atoms with E-state index in [1.54, 1.807) is 6.07 Å². The van der Waals surface area contributed by atoms with Crippen molar-refractivity contribution >= 4 is 0 Å². The van der Waals surface area contributed by atoms with Gasteiger partial charge in [-0.1, -0.05) is 32.0 Å². The van der Waals surface area contributed by atoms with Crippen LogP contribution in [0.4, 0.5) is 4.39 Å². The first kappa shape index (κ1) is 15.5. The van der Waals surface area contributed by atoms with Crippen molar-refractivity contribution in [3.63, 3.8) is 0 Å². The molecule has 0 aliphatic rings. The Morgan fingerprint density at radius 1 is 1.10 bits per heavy atom. The summed E-state index contributed by atoms with van der Waals surface area (Å²) in [5.74, 6) is 0.571. The van der Waals surface area contributed by atoms with Crippen LogP contribution in [0.5, 0.6) is 11.5 Å². The van der Waals surface area contributed by atoms with Gasteiger partial charge in [-0.2, -0.15) is 0 Å². The molecule has 1 atom stereocenters. The lowest BCUT2D eigenvalue weighted by Crippen LogP contribution is -2.17. The number of hydrogen-bond acceptors (Lipinski definition) is 2. The van der Waals surface area contributed by atoms with Gasteiger partial charge in [0.2, 0.25) is 0 Å². The lowest BCUT2D eigenvalue weighted by molar-refractivity contribution is 0.440. The second-order valence-electron chi connectivity index (χ2n) is 5.07. The third-order valence-electron chi connectivity index (χ3n) is 3.53. The minimum Gasteiger partial charge on any atom is -0.454 e. The summed E-state index contributed by atoms with van der Waals surface area (Å²) in [7, 11) is 0. The van der Waals surface area contributed by atoms with Crippen LogP contribution in [-0.4, -0.2) is 6.54 Å². The normalized spacial score (nSPS) is 12.2. The van der Waals surface area contributed by atoms with E-state index in [-0.39, 0.29) is 17.6 Å². The second kappa shape index (κ2) is 7.23. The lowest BCUT2D eigenvalue weighted by Gasteiger charge is -2.14. The van der Waals surface area contributed by atoms with Crippen LogP contribution in [0.3, 0.4) is 0 Å². The molecule has 0 saturated carbocycles. The zero-order valence-corrected chi connectivity index (χ0v) is 12.8. The van der Waals surface area contributed by atoms with Crippen molar-refractivity contribution < 1.29 is 9.13 Å². The molecule has 112 valence electrons. The molecule has 2 nitrogen and oxygen atoms in total. The van der Waals surface area contributed by atoms with E-state index in [2.05, 4.69) is 12.2 Å². The largest absolute Gasteiger partial charge is 0.454 e. The molecule has 21 heavy (non-hydrogen) atoms. The molecule has 3 heteroatoms. The molecular weight excluding hydrogens is 265 g/mol. The van der Waals surface area contributed by atoms with Gasteiger partial charge in [0.05, 0.1) is 0 Å². The third kappa shape index (κ3) is 4.05. The third-order valence-corrected chi connectivity index (χ3v) is 3.53. The smallest absolute Gasteiger partial charge is 0.166 e. The van der Waals surface area contributed by atoms with Gasteiger partial charge in [0.1, 0.15) is 5.75 Å². The van der Waals surface area contributed by atoms with Crippen LogP contribution < -0.4 is 10.1 Å². The van der Waals surface area contributed by atoms with E-state index in [9.17, 15) is 4.39 Å². The Hall–Kier alpha value is -1.87. The predicted octanol–water partition coefficient (Wildman–Crippen LogP) is 4.85. The van der Waals surface area contributed by atoms with E-state index >= 15 is 0 Å². The maximum absolute atomic E-state index is 14.1. The molecule has 0 fully saturated rings. The van der Waals surface area contributed by atoms with Crippen LogP contribution in [0.2, 0.25) is 0 Å². The van der Waals surface area contributed by atoms with Crippen molar-refractivity contribution in [2.24, 2.45) is 0 Å². The monoisotopic (exact) mass is 287 g/mol. The molecule has 1 N–H and O–H groups in total. The molecule has 0 bridgehead atoms. The molecule has 0 saturated heterocycles. The molecule has 2 aromatic rings. The summed E-state index contributed by atoms with van der Waals surface area (Å²) in [6, 6.07) is 13.0. The first-order valence-corrected chi connectivity index (χ1v) is 7.43. The number of nitrogens with one attached hydrogen (secondary N) is 1. The molecule has 0 aliphatic heterocycles. The fourth-order valence-corrected chi connectivity index (χ4v) is 2.21. The average molecular weight is 287 g/mol. The van der Waals surface area contributed by atoms with Crippen LogP contribution in [0.1, 0.15) is 37.9 Å². The van der Waals surface area contributed by atoms with Crippen LogP contribution in [0, 0.1) is 5.82 Å². The van der Waals surface area contributed by atoms with Gasteiger partial charge in [0.15, 0.2) is 11.6 Å². The highest BCUT2D eigenvalue weighted by Gasteiger charge is 2.10. The maximum Gasteiger partial charge on any atom is 0.166 e. The Bertz CT molecular complexity index is 580. The molecular formula is C18H22FNO. The van der Waals surface area contributed by atoms with E-state index in [1.165, 1.54) is 11.6 Å². The summed E-state index contributed by atoms with van der Waals surface area (Å²) in [4.78, 5) is 0. The number of ether oxygens (including phenoxy) is 1. The number of hydrogen-bond donors (Lipinski definition) is 1. The van der Waals surface area contributed by atoms with Crippen LogP contribution in [0.15, 0.2) is 42.5 Å². The van der Waals surface area contributed by atoms with Crippen LogP contribution in [0.25, 0.3) is 0 Å². The van der Waals surface area contributed by atoms with Gasteiger partial charge >= 0.3 is 0 Å². The minimum absolute atomic E-state index is 0.127. The quantitative estimate of drug-likeness (QED) is 0.820. The Morgan fingerprint density at radius 3 is 2.38 bits per heavy atom. The zero-order chi connectivity index (χ0) is 15.2. The standard InChI is InChI=1S/C18H22FNO/c1-4-14-6-9-16(10-7-14)21-18-11-8-15(12-17(18)19)13(3)20-5-2/h6-13,20H,4-5H2,1-3H3. The number of halogens is 1. The molecule has 0 amide bonds. The number of rotatable bonds is 6. The summed E-state index contributed by atoms with van der Waals surface area (Å²) in [5.41, 5.74) is 2.15. The number of benzene rings is 2. The fourth-order valence-electron chi connectivity index (χ4n) is 2.21. The van der Waals surface area contributed by atoms with E-state index in [0.717, 1.165) is 18.5 Å². The van der Waals surface area contributed by atoms with Gasteiger partial charge in [-0.3, -0.25) is 0 Å². The van der Waals surface area contributed by atoms with E-state index in [0.29, 0.717) is 5.75 Å². The first-order valence-electron chi connectivity index (χ1n) is 7.43. The highest BCUT2D eigenvalue weighted by molar-refractivity contribution is 5.36. The molecule has 1 unspecified atom stereocenters.